The normalized spacial score (nSPS) is 31.2. The van der Waals surface area contributed by atoms with Gasteiger partial charge >= 0.3 is 0 Å². The van der Waals surface area contributed by atoms with E-state index in [2.05, 4.69) is 0 Å². The predicted octanol–water partition coefficient (Wildman–Crippen LogP) is 1.63. The van der Waals surface area contributed by atoms with Crippen LogP contribution >= 0.6 is 11.8 Å². The Labute approximate surface area is 101 Å². The van der Waals surface area contributed by atoms with E-state index in [4.69, 9.17) is 4.74 Å². The third kappa shape index (κ3) is 2.60. The second kappa shape index (κ2) is 5.07. The number of aliphatic hydroxyl groups is 1. The van der Waals surface area contributed by atoms with E-state index in [9.17, 15) is 9.90 Å². The van der Waals surface area contributed by atoms with Gasteiger partial charge in [0, 0.05) is 12.5 Å². The Bertz CT molecular complexity index is 253. The van der Waals surface area contributed by atoms with E-state index in [-0.39, 0.29) is 17.3 Å². The monoisotopic (exact) mass is 244 g/mol. The maximum Gasteiger partial charge on any atom is 0.164 e. The lowest BCUT2D eigenvalue weighted by atomic mass is 9.79. The first-order valence-corrected chi connectivity index (χ1v) is 7.22. The second-order valence-electron chi connectivity index (χ2n) is 4.91. The molecule has 2 aliphatic heterocycles. The van der Waals surface area contributed by atoms with Crippen LogP contribution in [0.4, 0.5) is 0 Å². The Balaban J connectivity index is 2.00. The number of carbonyl (C=O) groups excluding carboxylic acids is 1. The third-order valence-electron chi connectivity index (χ3n) is 3.71. The summed E-state index contributed by atoms with van der Waals surface area (Å²) in [5.74, 6) is 2.28. The van der Waals surface area contributed by atoms with E-state index in [1.54, 1.807) is 6.92 Å². The largest absolute Gasteiger partial charge is 0.386 e. The first-order chi connectivity index (χ1) is 7.63. The van der Waals surface area contributed by atoms with Gasteiger partial charge in [-0.05, 0) is 44.1 Å². The van der Waals surface area contributed by atoms with Crippen LogP contribution < -0.4 is 0 Å². The topological polar surface area (TPSA) is 46.5 Å². The third-order valence-corrected chi connectivity index (χ3v) is 4.70. The molecular weight excluding hydrogens is 224 g/mol. The fourth-order valence-corrected chi connectivity index (χ4v) is 3.94. The van der Waals surface area contributed by atoms with Crippen molar-refractivity contribution in [1.29, 1.82) is 0 Å². The van der Waals surface area contributed by atoms with E-state index in [1.807, 2.05) is 11.8 Å². The van der Waals surface area contributed by atoms with Gasteiger partial charge in [0.2, 0.25) is 0 Å². The number of carbonyl (C=O) groups is 1. The molecule has 0 radical (unpaired) electrons. The van der Waals surface area contributed by atoms with Crippen molar-refractivity contribution < 1.29 is 14.6 Å². The van der Waals surface area contributed by atoms with Crippen LogP contribution in [0.5, 0.6) is 0 Å². The fraction of sp³-hybridized carbons (Fsp3) is 0.917. The molecule has 2 heterocycles. The maximum absolute atomic E-state index is 11.8. The molecule has 92 valence electrons. The smallest absolute Gasteiger partial charge is 0.164 e. The molecule has 4 heteroatoms. The quantitative estimate of drug-likeness (QED) is 0.802. The molecule has 3 nitrogen and oxygen atoms in total. The number of aliphatic hydroxyl groups excluding tert-OH is 1. The molecular formula is C12H20O3S. The molecule has 2 fully saturated rings. The molecule has 2 saturated heterocycles. The number of thioether (sulfide) groups is 1. The summed E-state index contributed by atoms with van der Waals surface area (Å²) in [5.41, 5.74) is -0.0568. The van der Waals surface area contributed by atoms with E-state index >= 15 is 0 Å². The second-order valence-corrected chi connectivity index (χ2v) is 6.14. The van der Waals surface area contributed by atoms with Gasteiger partial charge in [-0.25, -0.2) is 0 Å². The summed E-state index contributed by atoms with van der Waals surface area (Å²) in [6, 6.07) is 0. The molecule has 0 aliphatic carbocycles. The standard InChI is InChI=1S/C12H20O3S/c1-9(13)11(14)10-2-5-15-12(8-10)3-6-16-7-4-12/h9-10,13H,2-8H2,1H3. The highest BCUT2D eigenvalue weighted by Crippen LogP contribution is 2.40. The van der Waals surface area contributed by atoms with Gasteiger partial charge in [0.15, 0.2) is 5.78 Å². The summed E-state index contributed by atoms with van der Waals surface area (Å²) in [7, 11) is 0. The summed E-state index contributed by atoms with van der Waals surface area (Å²) in [5, 5.41) is 9.37. The van der Waals surface area contributed by atoms with Crippen LogP contribution in [0.1, 0.15) is 32.6 Å². The Morgan fingerprint density at radius 1 is 1.50 bits per heavy atom. The van der Waals surface area contributed by atoms with Gasteiger partial charge in [-0.2, -0.15) is 11.8 Å². The lowest BCUT2D eigenvalue weighted by Crippen LogP contribution is -2.45. The Kier molecular flexibility index (Phi) is 3.93. The van der Waals surface area contributed by atoms with Crippen molar-refractivity contribution in [2.75, 3.05) is 18.1 Å². The number of ether oxygens (including phenoxy) is 1. The van der Waals surface area contributed by atoms with Gasteiger partial charge in [-0.15, -0.1) is 0 Å². The number of hydrogen-bond acceptors (Lipinski definition) is 4. The van der Waals surface area contributed by atoms with E-state index in [0.717, 1.165) is 37.2 Å². The van der Waals surface area contributed by atoms with Crippen molar-refractivity contribution in [1.82, 2.24) is 0 Å². The maximum atomic E-state index is 11.8. The van der Waals surface area contributed by atoms with Crippen LogP contribution in [0, 0.1) is 5.92 Å². The van der Waals surface area contributed by atoms with Gasteiger partial charge in [-0.1, -0.05) is 0 Å². The molecule has 2 aliphatic rings. The number of ketones is 1. The molecule has 16 heavy (non-hydrogen) atoms. The minimum Gasteiger partial charge on any atom is -0.386 e. The molecule has 0 aromatic rings. The number of Topliss-reactive ketones (excluding diaryl/α,β-unsaturated/α-hetero) is 1. The summed E-state index contributed by atoms with van der Waals surface area (Å²) in [6.45, 7) is 2.25. The zero-order valence-electron chi connectivity index (χ0n) is 9.78. The first-order valence-electron chi connectivity index (χ1n) is 6.06. The molecule has 0 saturated carbocycles. The molecule has 2 atom stereocenters. The minimum atomic E-state index is -0.821. The summed E-state index contributed by atoms with van der Waals surface area (Å²) >= 11 is 1.96. The molecule has 0 aromatic carbocycles. The van der Waals surface area contributed by atoms with Gasteiger partial charge in [0.1, 0.15) is 6.10 Å². The molecule has 0 bridgehead atoms. The molecule has 0 amide bonds. The van der Waals surface area contributed by atoms with E-state index in [0.29, 0.717) is 6.61 Å². The zero-order chi connectivity index (χ0) is 11.6. The van der Waals surface area contributed by atoms with Crippen molar-refractivity contribution in [3.05, 3.63) is 0 Å². The molecule has 1 spiro atoms. The van der Waals surface area contributed by atoms with Crippen LogP contribution in [0.3, 0.4) is 0 Å². The van der Waals surface area contributed by atoms with Gasteiger partial charge in [-0.3, -0.25) is 4.79 Å². The van der Waals surface area contributed by atoms with Gasteiger partial charge < -0.3 is 9.84 Å². The minimum absolute atomic E-state index is 0.000835. The summed E-state index contributed by atoms with van der Waals surface area (Å²) in [6.07, 6.45) is 2.89. The Morgan fingerprint density at radius 3 is 2.81 bits per heavy atom. The van der Waals surface area contributed by atoms with E-state index in [1.165, 1.54) is 0 Å². The highest BCUT2D eigenvalue weighted by atomic mass is 32.2. The molecule has 2 rings (SSSR count). The Hall–Kier alpha value is -0.0600. The van der Waals surface area contributed by atoms with Crippen molar-refractivity contribution in [2.24, 2.45) is 5.92 Å². The lowest BCUT2D eigenvalue weighted by molar-refractivity contribution is -0.144. The van der Waals surface area contributed by atoms with E-state index < -0.39 is 6.10 Å². The van der Waals surface area contributed by atoms with Crippen molar-refractivity contribution in [2.45, 2.75) is 44.3 Å². The average molecular weight is 244 g/mol. The molecule has 2 unspecified atom stereocenters. The predicted molar refractivity (Wildman–Crippen MR) is 64.7 cm³/mol. The van der Waals surface area contributed by atoms with Crippen molar-refractivity contribution >= 4 is 17.5 Å². The summed E-state index contributed by atoms with van der Waals surface area (Å²) < 4.78 is 5.92. The average Bonchev–Trinajstić information content (AvgIpc) is 2.29. The number of hydrogen-bond donors (Lipinski definition) is 1. The highest BCUT2D eigenvalue weighted by Gasteiger charge is 2.41. The SMILES string of the molecule is CC(O)C(=O)C1CCOC2(CCSCC2)C1. The van der Waals surface area contributed by atoms with Crippen LogP contribution in [-0.2, 0) is 9.53 Å². The lowest BCUT2D eigenvalue weighted by Gasteiger charge is -2.43. The number of rotatable bonds is 2. The van der Waals surface area contributed by atoms with Gasteiger partial charge in [0.05, 0.1) is 5.60 Å². The molecule has 1 N–H and O–H groups in total. The fourth-order valence-electron chi connectivity index (χ4n) is 2.70. The zero-order valence-corrected chi connectivity index (χ0v) is 10.6. The van der Waals surface area contributed by atoms with Crippen LogP contribution in [0.15, 0.2) is 0 Å². The van der Waals surface area contributed by atoms with Crippen LogP contribution in [0.2, 0.25) is 0 Å². The first kappa shape index (κ1) is 12.4. The van der Waals surface area contributed by atoms with Crippen LogP contribution in [0.25, 0.3) is 0 Å². The highest BCUT2D eigenvalue weighted by molar-refractivity contribution is 7.99. The molecule has 0 aromatic heterocycles. The Morgan fingerprint density at radius 2 is 2.19 bits per heavy atom. The summed E-state index contributed by atoms with van der Waals surface area (Å²) in [4.78, 5) is 11.8. The van der Waals surface area contributed by atoms with Crippen molar-refractivity contribution in [3.8, 4) is 0 Å². The van der Waals surface area contributed by atoms with Crippen molar-refractivity contribution in [3.63, 3.8) is 0 Å². The van der Waals surface area contributed by atoms with Gasteiger partial charge in [0.25, 0.3) is 0 Å². The van der Waals surface area contributed by atoms with Crippen LogP contribution in [-0.4, -0.2) is 40.7 Å².